The van der Waals surface area contributed by atoms with Crippen LogP contribution in [0.25, 0.3) is 43.1 Å². The molecule has 6 heteroatoms. The van der Waals surface area contributed by atoms with Gasteiger partial charge in [0, 0.05) is 21.2 Å². The molecule has 0 N–H and O–H groups in total. The fraction of sp³-hybridized carbons (Fsp3) is 0. The van der Waals surface area contributed by atoms with E-state index in [0.717, 1.165) is 22.3 Å². The Morgan fingerprint density at radius 3 is 1.83 bits per heavy atom. The predicted molar refractivity (Wildman–Crippen MR) is 94.9 cm³/mol. The van der Waals surface area contributed by atoms with Crippen molar-refractivity contribution in [2.24, 2.45) is 10.2 Å². The van der Waals surface area contributed by atoms with E-state index in [9.17, 15) is 0 Å². The van der Waals surface area contributed by atoms with Crippen LogP contribution in [0.15, 0.2) is 83.0 Å². The van der Waals surface area contributed by atoms with Gasteiger partial charge in [-0.2, -0.15) is 0 Å². The minimum absolute atomic E-state index is 0.561. The van der Waals surface area contributed by atoms with Crippen molar-refractivity contribution in [3.63, 3.8) is 0 Å². The molecule has 0 aromatic heterocycles. The monoisotopic (exact) mass is 312 g/mol. The van der Waals surface area contributed by atoms with Crippen molar-refractivity contribution in [3.05, 3.63) is 93.7 Å². The number of hydrogen-bond acceptors (Lipinski definition) is 2. The molecule has 0 fully saturated rings. The maximum Gasteiger partial charge on any atom is 0.0381 e. The highest BCUT2D eigenvalue weighted by molar-refractivity contribution is 5.85. The average molecular weight is 312 g/mol. The van der Waals surface area contributed by atoms with Gasteiger partial charge in [-0.25, -0.2) is 0 Å². The van der Waals surface area contributed by atoms with Gasteiger partial charge in [-0.1, -0.05) is 77.0 Å². The van der Waals surface area contributed by atoms with Crippen LogP contribution in [0, 0.1) is 0 Å². The highest BCUT2D eigenvalue weighted by Crippen LogP contribution is 2.35. The molecule has 24 heavy (non-hydrogen) atoms. The zero-order valence-electron chi connectivity index (χ0n) is 12.6. The summed E-state index contributed by atoms with van der Waals surface area (Å²) < 4.78 is 0. The highest BCUT2D eigenvalue weighted by Gasteiger charge is 2.08. The number of hydrogen-bond donors (Lipinski definition) is 0. The number of nitrogens with zero attached hydrogens (tertiary/aromatic N) is 6. The molecule has 3 aromatic carbocycles. The van der Waals surface area contributed by atoms with E-state index in [1.807, 2.05) is 54.6 Å². The van der Waals surface area contributed by atoms with Gasteiger partial charge >= 0.3 is 0 Å². The summed E-state index contributed by atoms with van der Waals surface area (Å²) in [6.07, 6.45) is 0. The molecule has 0 unspecified atom stereocenters. The van der Waals surface area contributed by atoms with Crippen LogP contribution in [0.4, 0.5) is 11.4 Å². The van der Waals surface area contributed by atoms with E-state index in [1.165, 1.54) is 0 Å². The van der Waals surface area contributed by atoms with Crippen LogP contribution in [0.2, 0.25) is 0 Å². The summed E-state index contributed by atoms with van der Waals surface area (Å²) in [7, 11) is 0. The molecular weight excluding hydrogens is 300 g/mol. The van der Waals surface area contributed by atoms with Gasteiger partial charge in [0.25, 0.3) is 0 Å². The van der Waals surface area contributed by atoms with E-state index >= 15 is 0 Å². The second kappa shape index (κ2) is 7.03. The van der Waals surface area contributed by atoms with Crippen LogP contribution in [0.1, 0.15) is 0 Å². The summed E-state index contributed by atoms with van der Waals surface area (Å²) in [5.41, 5.74) is 22.3. The summed E-state index contributed by atoms with van der Waals surface area (Å²) in [6, 6.07) is 22.8. The van der Waals surface area contributed by atoms with E-state index in [2.05, 4.69) is 20.1 Å². The van der Waals surface area contributed by atoms with Gasteiger partial charge in [-0.3, -0.25) is 0 Å². The lowest BCUT2D eigenvalue weighted by molar-refractivity contribution is 1.45. The normalized spacial score (nSPS) is 9.67. The fourth-order valence-corrected chi connectivity index (χ4v) is 2.51. The van der Waals surface area contributed by atoms with Crippen molar-refractivity contribution in [1.82, 2.24) is 0 Å². The molecule has 0 radical (unpaired) electrons. The SMILES string of the molecule is [N-]=[N+]=Nc1ccc(-c2ccc(N=[N+]=[N-])cc2-c2ccccc2)cc1. The highest BCUT2D eigenvalue weighted by atomic mass is 15.1. The minimum atomic E-state index is 0.561. The van der Waals surface area contributed by atoms with Gasteiger partial charge in [-0.15, -0.1) is 0 Å². The summed E-state index contributed by atoms with van der Waals surface area (Å²) in [6.45, 7) is 0. The van der Waals surface area contributed by atoms with Gasteiger partial charge in [0.2, 0.25) is 0 Å². The van der Waals surface area contributed by atoms with Crippen molar-refractivity contribution in [1.29, 1.82) is 0 Å². The molecule has 6 nitrogen and oxygen atoms in total. The molecule has 0 heterocycles. The molecule has 114 valence electrons. The van der Waals surface area contributed by atoms with E-state index in [-0.39, 0.29) is 0 Å². The predicted octanol–water partition coefficient (Wildman–Crippen LogP) is 6.90. The van der Waals surface area contributed by atoms with Crippen LogP contribution in [-0.4, -0.2) is 0 Å². The molecule has 0 aliphatic carbocycles. The Bertz CT molecular complexity index is 951. The first-order valence-corrected chi connectivity index (χ1v) is 7.22. The lowest BCUT2D eigenvalue weighted by Gasteiger charge is -2.11. The molecular formula is C18H12N6. The smallest absolute Gasteiger partial charge is 0.0381 e. The summed E-state index contributed by atoms with van der Waals surface area (Å²) in [4.78, 5) is 5.64. The van der Waals surface area contributed by atoms with E-state index in [0.29, 0.717) is 11.4 Å². The first kappa shape index (κ1) is 15.2. The molecule has 0 amide bonds. The molecule has 0 atom stereocenters. The number of benzene rings is 3. The fourth-order valence-electron chi connectivity index (χ4n) is 2.51. The number of azide groups is 2. The standard InChI is InChI=1S/C18H12N6/c19-23-21-15-8-6-14(7-9-15)17-11-10-16(22-24-20)12-18(17)13-4-2-1-3-5-13/h1-12H. The zero-order chi connectivity index (χ0) is 16.8. The summed E-state index contributed by atoms with van der Waals surface area (Å²) >= 11 is 0. The summed E-state index contributed by atoms with van der Waals surface area (Å²) in [5.74, 6) is 0. The molecule has 0 saturated heterocycles. The third kappa shape index (κ3) is 3.20. The Hall–Kier alpha value is -3.72. The lowest BCUT2D eigenvalue weighted by Crippen LogP contribution is -1.85. The van der Waals surface area contributed by atoms with Crippen molar-refractivity contribution < 1.29 is 0 Å². The van der Waals surface area contributed by atoms with E-state index < -0.39 is 0 Å². The third-order valence-electron chi connectivity index (χ3n) is 3.59. The van der Waals surface area contributed by atoms with Crippen LogP contribution >= 0.6 is 0 Å². The van der Waals surface area contributed by atoms with Crippen molar-refractivity contribution in [2.45, 2.75) is 0 Å². The second-order valence-corrected chi connectivity index (χ2v) is 5.02. The Balaban J connectivity index is 2.16. The van der Waals surface area contributed by atoms with Crippen molar-refractivity contribution in [3.8, 4) is 22.3 Å². The molecule has 0 spiro atoms. The van der Waals surface area contributed by atoms with Gasteiger partial charge in [-0.05, 0) is 39.4 Å². The first-order chi connectivity index (χ1) is 11.8. The maximum atomic E-state index is 8.67. The zero-order valence-corrected chi connectivity index (χ0v) is 12.6. The van der Waals surface area contributed by atoms with Crippen LogP contribution in [0.5, 0.6) is 0 Å². The van der Waals surface area contributed by atoms with Crippen LogP contribution < -0.4 is 0 Å². The Morgan fingerprint density at radius 2 is 1.17 bits per heavy atom. The van der Waals surface area contributed by atoms with Gasteiger partial charge < -0.3 is 0 Å². The second-order valence-electron chi connectivity index (χ2n) is 5.02. The Morgan fingerprint density at radius 1 is 0.583 bits per heavy atom. The van der Waals surface area contributed by atoms with Gasteiger partial charge in [0.15, 0.2) is 0 Å². The minimum Gasteiger partial charge on any atom is -0.0622 e. The van der Waals surface area contributed by atoms with Crippen molar-refractivity contribution in [2.75, 3.05) is 0 Å². The molecule has 0 aliphatic heterocycles. The van der Waals surface area contributed by atoms with Crippen LogP contribution in [0.3, 0.4) is 0 Å². The molecule has 0 aliphatic rings. The summed E-state index contributed by atoms with van der Waals surface area (Å²) in [5, 5.41) is 7.28. The maximum absolute atomic E-state index is 8.67. The average Bonchev–Trinajstić information content (AvgIpc) is 2.64. The Labute approximate surface area is 138 Å². The van der Waals surface area contributed by atoms with Gasteiger partial charge in [0.1, 0.15) is 0 Å². The van der Waals surface area contributed by atoms with Gasteiger partial charge in [0.05, 0.1) is 0 Å². The molecule has 3 rings (SSSR count). The number of rotatable bonds is 4. The quantitative estimate of drug-likeness (QED) is 0.284. The molecule has 0 saturated carbocycles. The van der Waals surface area contributed by atoms with Crippen molar-refractivity contribution >= 4 is 11.4 Å². The first-order valence-electron chi connectivity index (χ1n) is 7.22. The third-order valence-corrected chi connectivity index (χ3v) is 3.59. The Kier molecular flexibility index (Phi) is 4.45. The van der Waals surface area contributed by atoms with Crippen LogP contribution in [-0.2, 0) is 0 Å². The lowest BCUT2D eigenvalue weighted by atomic mass is 9.94. The topological polar surface area (TPSA) is 97.5 Å². The molecule has 3 aromatic rings. The van der Waals surface area contributed by atoms with E-state index in [4.69, 9.17) is 11.1 Å². The van der Waals surface area contributed by atoms with E-state index in [1.54, 1.807) is 18.2 Å². The largest absolute Gasteiger partial charge is 0.0622 e. The molecule has 0 bridgehead atoms.